The minimum absolute atomic E-state index is 0.0530. The van der Waals surface area contributed by atoms with Gasteiger partial charge in [0.05, 0.1) is 25.3 Å². The monoisotopic (exact) mass is 421 g/mol. The summed E-state index contributed by atoms with van der Waals surface area (Å²) in [5, 5.41) is 3.01. The third-order valence-corrected chi connectivity index (χ3v) is 6.10. The number of hydrogen-bond acceptors (Lipinski definition) is 5. The Morgan fingerprint density at radius 1 is 1.03 bits per heavy atom. The molecule has 2 fully saturated rings. The van der Waals surface area contributed by atoms with Crippen LogP contribution in [0.3, 0.4) is 0 Å². The fourth-order valence-electron chi connectivity index (χ4n) is 4.31. The second kappa shape index (κ2) is 9.31. The van der Waals surface area contributed by atoms with E-state index in [9.17, 15) is 14.4 Å². The maximum atomic E-state index is 13.0. The maximum Gasteiger partial charge on any atom is 0.251 e. The molecule has 2 aliphatic heterocycles. The van der Waals surface area contributed by atoms with Gasteiger partial charge in [-0.2, -0.15) is 0 Å². The zero-order valence-electron chi connectivity index (χ0n) is 17.6. The maximum absolute atomic E-state index is 13.0. The van der Waals surface area contributed by atoms with Gasteiger partial charge in [0, 0.05) is 12.5 Å². The second-order valence-corrected chi connectivity index (χ2v) is 8.00. The van der Waals surface area contributed by atoms with E-state index in [2.05, 4.69) is 5.32 Å². The van der Waals surface area contributed by atoms with Gasteiger partial charge in [-0.3, -0.25) is 19.3 Å². The molecular weight excluding hydrogens is 394 g/mol. The average molecular weight is 421 g/mol. The minimum Gasteiger partial charge on any atom is -0.497 e. The summed E-state index contributed by atoms with van der Waals surface area (Å²) in [6.07, 6.45) is 1.54. The molecular formula is C24H27N3O4. The van der Waals surface area contributed by atoms with Crippen molar-refractivity contribution in [2.75, 3.05) is 25.1 Å². The third kappa shape index (κ3) is 4.61. The smallest absolute Gasteiger partial charge is 0.251 e. The molecule has 7 heteroatoms. The van der Waals surface area contributed by atoms with Crippen LogP contribution < -0.4 is 15.0 Å². The largest absolute Gasteiger partial charge is 0.497 e. The van der Waals surface area contributed by atoms with Crippen molar-refractivity contribution in [3.63, 3.8) is 0 Å². The molecule has 1 atom stereocenters. The lowest BCUT2D eigenvalue weighted by Gasteiger charge is -2.34. The molecule has 0 bridgehead atoms. The predicted molar refractivity (Wildman–Crippen MR) is 116 cm³/mol. The van der Waals surface area contributed by atoms with Crippen LogP contribution in [0.1, 0.15) is 24.8 Å². The molecule has 3 amide bonds. The summed E-state index contributed by atoms with van der Waals surface area (Å²) in [5.41, 5.74) is 1.63. The number of ether oxygens (including phenoxy) is 1. The molecule has 2 aliphatic rings. The molecule has 2 saturated heterocycles. The van der Waals surface area contributed by atoms with Crippen LogP contribution in [0.5, 0.6) is 5.75 Å². The van der Waals surface area contributed by atoms with Gasteiger partial charge in [0.15, 0.2) is 0 Å². The van der Waals surface area contributed by atoms with E-state index < -0.39 is 6.04 Å². The number of imide groups is 1. The molecule has 2 heterocycles. The number of amides is 3. The van der Waals surface area contributed by atoms with Gasteiger partial charge in [-0.05, 0) is 55.8 Å². The molecule has 2 aromatic rings. The van der Waals surface area contributed by atoms with E-state index in [-0.39, 0.29) is 30.1 Å². The molecule has 0 aliphatic carbocycles. The Kier molecular flexibility index (Phi) is 6.32. The van der Waals surface area contributed by atoms with Gasteiger partial charge in [-0.15, -0.1) is 0 Å². The van der Waals surface area contributed by atoms with Crippen LogP contribution in [0.15, 0.2) is 54.6 Å². The lowest BCUT2D eigenvalue weighted by Crippen LogP contribution is -2.48. The van der Waals surface area contributed by atoms with Crippen LogP contribution in [0.4, 0.5) is 5.69 Å². The van der Waals surface area contributed by atoms with Gasteiger partial charge in [0.25, 0.3) is 5.91 Å². The van der Waals surface area contributed by atoms with Gasteiger partial charge in [0.2, 0.25) is 11.8 Å². The number of methoxy groups -OCH3 is 1. The fourth-order valence-corrected chi connectivity index (χ4v) is 4.31. The number of carbonyl (C=O) groups is 3. The molecule has 162 valence electrons. The topological polar surface area (TPSA) is 79.0 Å². The van der Waals surface area contributed by atoms with Crippen molar-refractivity contribution in [3.05, 3.63) is 60.2 Å². The van der Waals surface area contributed by atoms with Crippen molar-refractivity contribution in [1.82, 2.24) is 10.2 Å². The van der Waals surface area contributed by atoms with E-state index >= 15 is 0 Å². The highest BCUT2D eigenvalue weighted by Crippen LogP contribution is 2.29. The number of piperidine rings is 1. The van der Waals surface area contributed by atoms with Gasteiger partial charge >= 0.3 is 0 Å². The summed E-state index contributed by atoms with van der Waals surface area (Å²) in [4.78, 5) is 41.4. The van der Waals surface area contributed by atoms with E-state index in [4.69, 9.17) is 4.74 Å². The van der Waals surface area contributed by atoms with E-state index in [0.29, 0.717) is 43.9 Å². The Bertz CT molecular complexity index is 937. The second-order valence-electron chi connectivity index (χ2n) is 8.00. The summed E-state index contributed by atoms with van der Waals surface area (Å²) in [7, 11) is 1.57. The average Bonchev–Trinajstić information content (AvgIpc) is 3.12. The van der Waals surface area contributed by atoms with E-state index in [1.807, 2.05) is 35.2 Å². The number of nitrogens with one attached hydrogen (secondary N) is 1. The zero-order chi connectivity index (χ0) is 21.8. The number of rotatable bonds is 6. The van der Waals surface area contributed by atoms with Crippen molar-refractivity contribution in [2.45, 2.75) is 31.8 Å². The molecule has 1 N–H and O–H groups in total. The van der Waals surface area contributed by atoms with Crippen LogP contribution in [0.2, 0.25) is 0 Å². The Balaban J connectivity index is 1.31. The Morgan fingerprint density at radius 2 is 1.71 bits per heavy atom. The first kappa shape index (κ1) is 21.1. The quantitative estimate of drug-likeness (QED) is 0.725. The van der Waals surface area contributed by atoms with Gasteiger partial charge in [-0.25, -0.2) is 4.90 Å². The summed E-state index contributed by atoms with van der Waals surface area (Å²) in [6, 6.07) is 16.3. The van der Waals surface area contributed by atoms with Crippen molar-refractivity contribution in [1.29, 1.82) is 0 Å². The van der Waals surface area contributed by atoms with Crippen molar-refractivity contribution < 1.29 is 19.1 Å². The molecule has 0 spiro atoms. The molecule has 2 aromatic carbocycles. The first-order chi connectivity index (χ1) is 15.1. The Labute approximate surface area is 182 Å². The van der Waals surface area contributed by atoms with E-state index in [1.165, 1.54) is 4.90 Å². The standard InChI is InChI=1S/C24H27N3O4/c1-31-20-9-7-19(8-10-20)27-22(28)15-21(24(27)30)26-13-11-18(12-14-26)23(29)25-16-17-5-3-2-4-6-17/h2-10,18,21H,11-16H2,1H3,(H,25,29)/t21-/m1/s1. The molecule has 0 unspecified atom stereocenters. The summed E-state index contributed by atoms with van der Waals surface area (Å²) >= 11 is 0. The highest BCUT2D eigenvalue weighted by Gasteiger charge is 2.43. The van der Waals surface area contributed by atoms with Crippen LogP contribution in [-0.2, 0) is 20.9 Å². The van der Waals surface area contributed by atoms with Crippen molar-refractivity contribution >= 4 is 23.4 Å². The van der Waals surface area contributed by atoms with Gasteiger partial charge in [-0.1, -0.05) is 30.3 Å². The van der Waals surface area contributed by atoms with Crippen LogP contribution in [0, 0.1) is 5.92 Å². The molecule has 31 heavy (non-hydrogen) atoms. The van der Waals surface area contributed by atoms with Crippen molar-refractivity contribution in [3.8, 4) is 5.75 Å². The van der Waals surface area contributed by atoms with Gasteiger partial charge < -0.3 is 10.1 Å². The van der Waals surface area contributed by atoms with Crippen LogP contribution in [-0.4, -0.2) is 48.9 Å². The number of hydrogen-bond donors (Lipinski definition) is 1. The number of benzene rings is 2. The lowest BCUT2D eigenvalue weighted by atomic mass is 9.94. The number of carbonyl (C=O) groups excluding carboxylic acids is 3. The number of anilines is 1. The lowest BCUT2D eigenvalue weighted by molar-refractivity contribution is -0.127. The number of nitrogens with zero attached hydrogens (tertiary/aromatic N) is 2. The zero-order valence-corrected chi connectivity index (χ0v) is 17.6. The summed E-state index contributed by atoms with van der Waals surface area (Å²) in [5.74, 6) is 0.277. The van der Waals surface area contributed by atoms with Gasteiger partial charge in [0.1, 0.15) is 5.75 Å². The fraction of sp³-hybridized carbons (Fsp3) is 0.375. The first-order valence-electron chi connectivity index (χ1n) is 10.6. The molecule has 4 rings (SSSR count). The highest BCUT2D eigenvalue weighted by molar-refractivity contribution is 6.22. The summed E-state index contributed by atoms with van der Waals surface area (Å²) in [6.45, 7) is 1.78. The molecule has 7 nitrogen and oxygen atoms in total. The Hall–Kier alpha value is -3.19. The number of likely N-dealkylation sites (tertiary alicyclic amines) is 1. The van der Waals surface area contributed by atoms with Crippen LogP contribution >= 0.6 is 0 Å². The summed E-state index contributed by atoms with van der Waals surface area (Å²) < 4.78 is 5.14. The predicted octanol–water partition coefficient (Wildman–Crippen LogP) is 2.36. The van der Waals surface area contributed by atoms with Crippen LogP contribution in [0.25, 0.3) is 0 Å². The normalized spacial score (nSPS) is 20.2. The van der Waals surface area contributed by atoms with E-state index in [0.717, 1.165) is 5.56 Å². The Morgan fingerprint density at radius 3 is 2.35 bits per heavy atom. The minimum atomic E-state index is -0.456. The molecule has 0 aromatic heterocycles. The highest BCUT2D eigenvalue weighted by atomic mass is 16.5. The first-order valence-corrected chi connectivity index (χ1v) is 10.6. The molecule has 0 radical (unpaired) electrons. The van der Waals surface area contributed by atoms with E-state index in [1.54, 1.807) is 31.4 Å². The van der Waals surface area contributed by atoms with Crippen molar-refractivity contribution in [2.24, 2.45) is 5.92 Å². The molecule has 0 saturated carbocycles. The third-order valence-electron chi connectivity index (χ3n) is 6.10. The SMILES string of the molecule is COc1ccc(N2C(=O)C[C@@H](N3CCC(C(=O)NCc4ccccc4)CC3)C2=O)cc1.